The van der Waals surface area contributed by atoms with Crippen LogP contribution in [0.5, 0.6) is 0 Å². The van der Waals surface area contributed by atoms with Gasteiger partial charge >= 0.3 is 5.97 Å². The van der Waals surface area contributed by atoms with E-state index in [0.29, 0.717) is 6.61 Å². The van der Waals surface area contributed by atoms with Crippen molar-refractivity contribution < 1.29 is 14.3 Å². The first-order valence-electron chi connectivity index (χ1n) is 5.64. The minimum absolute atomic E-state index is 0.0658. The fraction of sp³-hybridized carbons (Fsp3) is 0.636. The second kappa shape index (κ2) is 7.65. The number of ether oxygens (including phenoxy) is 2. The fourth-order valence-electron chi connectivity index (χ4n) is 1.47. The van der Waals surface area contributed by atoms with Crippen molar-refractivity contribution in [3.8, 4) is 0 Å². The molecule has 17 heavy (non-hydrogen) atoms. The summed E-state index contributed by atoms with van der Waals surface area (Å²) in [7, 11) is 0. The van der Waals surface area contributed by atoms with Crippen molar-refractivity contribution in [1.29, 1.82) is 5.41 Å². The third-order valence-corrected chi connectivity index (χ3v) is 2.91. The molecular weight excluding hydrogens is 335 g/mol. The largest absolute Gasteiger partial charge is 0.462 e. The first-order chi connectivity index (χ1) is 8.15. The second-order valence-corrected chi connectivity index (χ2v) is 4.69. The highest BCUT2D eigenvalue weighted by Gasteiger charge is 2.16. The van der Waals surface area contributed by atoms with Crippen LogP contribution in [-0.4, -0.2) is 29.1 Å². The van der Waals surface area contributed by atoms with Crippen LogP contribution < -0.4 is 5.32 Å². The Hall–Kier alpha value is -0.630. The summed E-state index contributed by atoms with van der Waals surface area (Å²) in [6.45, 7) is 2.78. The predicted molar refractivity (Wildman–Crippen MR) is 73.2 cm³/mol. The maximum atomic E-state index is 11.5. The third-order valence-electron chi connectivity index (χ3n) is 2.33. The Kier molecular flexibility index (Phi) is 6.49. The monoisotopic (exact) mass is 352 g/mol. The van der Waals surface area contributed by atoms with Crippen LogP contribution in [0.25, 0.3) is 0 Å². The Bertz CT molecular complexity index is 312. The summed E-state index contributed by atoms with van der Waals surface area (Å²) < 4.78 is 10.5. The second-order valence-electron chi connectivity index (χ2n) is 3.61. The van der Waals surface area contributed by atoms with E-state index in [1.54, 1.807) is 29.5 Å². The van der Waals surface area contributed by atoms with Gasteiger partial charge in [-0.2, -0.15) is 0 Å². The molecule has 1 aliphatic heterocycles. The highest BCUT2D eigenvalue weighted by molar-refractivity contribution is 14.1. The molecule has 0 radical (unpaired) electrons. The Balaban J connectivity index is 2.56. The zero-order valence-electron chi connectivity index (χ0n) is 9.79. The minimum atomic E-state index is -0.477. The van der Waals surface area contributed by atoms with E-state index in [-0.39, 0.29) is 15.5 Å². The molecule has 0 amide bonds. The molecule has 1 atom stereocenters. The van der Waals surface area contributed by atoms with Crippen LogP contribution in [0, 0.1) is 5.41 Å². The van der Waals surface area contributed by atoms with Gasteiger partial charge in [0.05, 0.1) is 6.61 Å². The quantitative estimate of drug-likeness (QED) is 0.344. The van der Waals surface area contributed by atoms with E-state index in [0.717, 1.165) is 25.9 Å². The minimum Gasteiger partial charge on any atom is -0.462 e. The molecule has 1 saturated heterocycles. The molecule has 6 heteroatoms. The van der Waals surface area contributed by atoms with Crippen molar-refractivity contribution in [2.24, 2.45) is 0 Å². The van der Waals surface area contributed by atoms with E-state index in [1.807, 2.05) is 0 Å². The Morgan fingerprint density at radius 1 is 1.65 bits per heavy atom. The number of nitrogens with one attached hydrogen (secondary N) is 2. The molecule has 5 nitrogen and oxygen atoms in total. The van der Waals surface area contributed by atoms with E-state index in [1.165, 1.54) is 6.20 Å². The van der Waals surface area contributed by atoms with Gasteiger partial charge in [0.25, 0.3) is 0 Å². The summed E-state index contributed by atoms with van der Waals surface area (Å²) in [6, 6.07) is 0. The van der Waals surface area contributed by atoms with Crippen LogP contribution in [0.2, 0.25) is 0 Å². The van der Waals surface area contributed by atoms with Crippen molar-refractivity contribution >= 4 is 32.3 Å². The van der Waals surface area contributed by atoms with E-state index in [4.69, 9.17) is 14.9 Å². The summed E-state index contributed by atoms with van der Waals surface area (Å²) in [5.41, 5.74) is 0.238. The highest BCUT2D eigenvalue weighted by atomic mass is 127. The van der Waals surface area contributed by atoms with Crippen molar-refractivity contribution in [3.63, 3.8) is 0 Å². The van der Waals surface area contributed by atoms with Gasteiger partial charge in [-0.15, -0.1) is 0 Å². The summed E-state index contributed by atoms with van der Waals surface area (Å²) in [6.07, 6.45) is 4.56. The van der Waals surface area contributed by atoms with Crippen molar-refractivity contribution in [3.05, 3.63) is 11.8 Å². The maximum absolute atomic E-state index is 11.5. The SMILES string of the molecule is CCOC(=O)/C(=C/NC1CCCCO1)C(=N)I. The Morgan fingerprint density at radius 2 is 2.41 bits per heavy atom. The first-order valence-corrected chi connectivity index (χ1v) is 6.72. The zero-order valence-corrected chi connectivity index (χ0v) is 12.0. The van der Waals surface area contributed by atoms with Gasteiger partial charge in [-0.3, -0.25) is 5.41 Å². The summed E-state index contributed by atoms with van der Waals surface area (Å²) >= 11 is 1.79. The molecule has 0 aliphatic carbocycles. The number of rotatable bonds is 5. The average Bonchev–Trinajstić information content (AvgIpc) is 2.30. The molecule has 1 aliphatic rings. The van der Waals surface area contributed by atoms with Gasteiger partial charge in [0, 0.05) is 12.8 Å². The van der Waals surface area contributed by atoms with Gasteiger partial charge in [-0.05, 0) is 48.8 Å². The normalized spacial score (nSPS) is 20.8. The molecule has 0 saturated carbocycles. The van der Waals surface area contributed by atoms with Crippen molar-refractivity contribution in [1.82, 2.24) is 5.32 Å². The number of carbonyl (C=O) groups excluding carboxylic acids is 1. The Morgan fingerprint density at radius 3 is 2.94 bits per heavy atom. The van der Waals surface area contributed by atoms with Gasteiger partial charge in [0.2, 0.25) is 0 Å². The topological polar surface area (TPSA) is 71.4 Å². The van der Waals surface area contributed by atoms with E-state index in [9.17, 15) is 4.79 Å². The van der Waals surface area contributed by atoms with Crippen LogP contribution in [-0.2, 0) is 14.3 Å². The Labute approximate surface area is 115 Å². The molecule has 0 bridgehead atoms. The number of esters is 1. The zero-order chi connectivity index (χ0) is 12.7. The summed E-state index contributed by atoms with van der Waals surface area (Å²) in [4.78, 5) is 11.5. The summed E-state index contributed by atoms with van der Waals surface area (Å²) in [5.74, 6) is -0.477. The molecule has 0 spiro atoms. The fourth-order valence-corrected chi connectivity index (χ4v) is 1.85. The highest BCUT2D eigenvalue weighted by Crippen LogP contribution is 2.11. The molecular formula is C11H17IN2O3. The maximum Gasteiger partial charge on any atom is 0.342 e. The van der Waals surface area contributed by atoms with Gasteiger partial charge in [-0.1, -0.05) is 0 Å². The number of carbonyl (C=O) groups is 1. The van der Waals surface area contributed by atoms with Gasteiger partial charge in [0.15, 0.2) is 0 Å². The van der Waals surface area contributed by atoms with Gasteiger partial charge in [-0.25, -0.2) is 4.79 Å². The van der Waals surface area contributed by atoms with E-state index in [2.05, 4.69) is 5.32 Å². The molecule has 96 valence electrons. The van der Waals surface area contributed by atoms with Crippen LogP contribution in [0.4, 0.5) is 0 Å². The molecule has 0 aromatic heterocycles. The molecule has 2 N–H and O–H groups in total. The molecule has 1 heterocycles. The van der Waals surface area contributed by atoms with Crippen LogP contribution in [0.1, 0.15) is 26.2 Å². The molecule has 1 unspecified atom stereocenters. The number of hydrogen-bond donors (Lipinski definition) is 2. The van der Waals surface area contributed by atoms with E-state index >= 15 is 0 Å². The lowest BCUT2D eigenvalue weighted by Crippen LogP contribution is -2.32. The first kappa shape index (κ1) is 14.4. The lowest BCUT2D eigenvalue weighted by molar-refractivity contribution is -0.137. The number of hydrogen-bond acceptors (Lipinski definition) is 5. The predicted octanol–water partition coefficient (Wildman–Crippen LogP) is 1.96. The van der Waals surface area contributed by atoms with Crippen LogP contribution >= 0.6 is 22.6 Å². The molecule has 1 fully saturated rings. The lowest BCUT2D eigenvalue weighted by Gasteiger charge is -2.22. The standard InChI is InChI=1S/C11H17IN2O3/c1-2-16-11(15)8(10(12)13)7-14-9-5-3-4-6-17-9/h7,9,13-14H,2-6H2,1H3/b8-7+,13-10?. The molecule has 0 aromatic carbocycles. The van der Waals surface area contributed by atoms with E-state index < -0.39 is 5.97 Å². The lowest BCUT2D eigenvalue weighted by atomic mass is 10.2. The van der Waals surface area contributed by atoms with Crippen molar-refractivity contribution in [2.75, 3.05) is 13.2 Å². The van der Waals surface area contributed by atoms with Crippen LogP contribution in [0.3, 0.4) is 0 Å². The third kappa shape index (κ3) is 5.03. The summed E-state index contributed by atoms with van der Waals surface area (Å²) in [5, 5.41) is 10.5. The van der Waals surface area contributed by atoms with Gasteiger partial charge in [0.1, 0.15) is 15.5 Å². The molecule has 1 rings (SSSR count). The van der Waals surface area contributed by atoms with Crippen molar-refractivity contribution in [2.45, 2.75) is 32.4 Å². The molecule has 0 aromatic rings. The number of halogens is 1. The smallest absolute Gasteiger partial charge is 0.342 e. The van der Waals surface area contributed by atoms with Crippen LogP contribution in [0.15, 0.2) is 11.8 Å². The van der Waals surface area contributed by atoms with Gasteiger partial charge < -0.3 is 14.8 Å². The average molecular weight is 352 g/mol.